The summed E-state index contributed by atoms with van der Waals surface area (Å²) in [7, 11) is 1.51. The number of carboxylic acids is 1. The second-order valence-electron chi connectivity index (χ2n) is 5.22. The van der Waals surface area contributed by atoms with Gasteiger partial charge in [-0.25, -0.2) is 9.59 Å². The highest BCUT2D eigenvalue weighted by atomic mass is 16.5. The summed E-state index contributed by atoms with van der Waals surface area (Å²) >= 11 is 0. The van der Waals surface area contributed by atoms with Gasteiger partial charge in [0.2, 0.25) is 0 Å². The second kappa shape index (κ2) is 6.90. The molecular formula is C13H22N2O5. The highest BCUT2D eigenvalue weighted by Gasteiger charge is 2.39. The third kappa shape index (κ3) is 3.40. The second-order valence-corrected chi connectivity index (χ2v) is 5.22. The molecule has 2 N–H and O–H groups in total. The molecule has 1 saturated heterocycles. The highest BCUT2D eigenvalue weighted by molar-refractivity contribution is 5.82. The Bertz CT molecular complexity index is 363. The standard InChI is InChI=1S/C13H22N2O5/c1-19-7-5-9(12(16)17)14-13(18)15-6-8-20-11-4-2-3-10(11)15/h9-11H,2-8H2,1H3,(H,14,18)(H,16,17). The molecule has 2 fully saturated rings. The van der Waals surface area contributed by atoms with Crippen LogP contribution in [0.1, 0.15) is 25.7 Å². The summed E-state index contributed by atoms with van der Waals surface area (Å²) in [5.74, 6) is -1.04. The van der Waals surface area contributed by atoms with Crippen molar-refractivity contribution in [1.29, 1.82) is 0 Å². The van der Waals surface area contributed by atoms with Crippen LogP contribution in [0.15, 0.2) is 0 Å². The first kappa shape index (κ1) is 15.1. The van der Waals surface area contributed by atoms with Crippen molar-refractivity contribution in [1.82, 2.24) is 10.2 Å². The molecule has 3 atom stereocenters. The van der Waals surface area contributed by atoms with Gasteiger partial charge in [-0.05, 0) is 19.3 Å². The number of carbonyl (C=O) groups excluding carboxylic acids is 1. The zero-order chi connectivity index (χ0) is 14.5. The Morgan fingerprint density at radius 1 is 1.50 bits per heavy atom. The van der Waals surface area contributed by atoms with Crippen molar-refractivity contribution >= 4 is 12.0 Å². The van der Waals surface area contributed by atoms with E-state index in [1.807, 2.05) is 0 Å². The van der Waals surface area contributed by atoms with Crippen molar-refractivity contribution in [2.75, 3.05) is 26.9 Å². The van der Waals surface area contributed by atoms with E-state index in [-0.39, 0.29) is 24.6 Å². The van der Waals surface area contributed by atoms with Gasteiger partial charge >= 0.3 is 12.0 Å². The normalized spacial score (nSPS) is 26.9. The largest absolute Gasteiger partial charge is 0.480 e. The third-order valence-corrected chi connectivity index (χ3v) is 3.95. The number of nitrogens with zero attached hydrogens (tertiary/aromatic N) is 1. The maximum atomic E-state index is 12.3. The molecule has 2 aliphatic rings. The Morgan fingerprint density at radius 3 is 3.00 bits per heavy atom. The first-order chi connectivity index (χ1) is 9.63. The smallest absolute Gasteiger partial charge is 0.326 e. The van der Waals surface area contributed by atoms with Gasteiger partial charge < -0.3 is 24.8 Å². The zero-order valence-corrected chi connectivity index (χ0v) is 11.7. The van der Waals surface area contributed by atoms with E-state index in [1.54, 1.807) is 4.90 Å². The summed E-state index contributed by atoms with van der Waals surface area (Å²) in [5, 5.41) is 11.7. The van der Waals surface area contributed by atoms with Crippen molar-refractivity contribution in [3.8, 4) is 0 Å². The molecule has 1 heterocycles. The number of nitrogens with one attached hydrogen (secondary N) is 1. The summed E-state index contributed by atoms with van der Waals surface area (Å²) in [4.78, 5) is 25.1. The van der Waals surface area contributed by atoms with E-state index in [4.69, 9.17) is 14.6 Å². The topological polar surface area (TPSA) is 88.1 Å². The minimum Gasteiger partial charge on any atom is -0.480 e. The first-order valence-electron chi connectivity index (χ1n) is 7.04. The number of carbonyl (C=O) groups is 2. The molecule has 0 spiro atoms. The number of aliphatic carboxylic acids is 1. The van der Waals surface area contributed by atoms with Crippen LogP contribution in [0.5, 0.6) is 0 Å². The fraction of sp³-hybridized carbons (Fsp3) is 0.846. The molecule has 2 rings (SSSR count). The SMILES string of the molecule is COCCC(NC(=O)N1CCOC2CCCC21)C(=O)O. The van der Waals surface area contributed by atoms with E-state index >= 15 is 0 Å². The monoisotopic (exact) mass is 286 g/mol. The van der Waals surface area contributed by atoms with Gasteiger partial charge in [-0.15, -0.1) is 0 Å². The Balaban J connectivity index is 1.93. The Kier molecular flexibility index (Phi) is 5.19. The molecule has 0 bridgehead atoms. The van der Waals surface area contributed by atoms with Crippen LogP contribution < -0.4 is 5.32 Å². The average molecular weight is 286 g/mol. The molecule has 114 valence electrons. The molecule has 0 aromatic carbocycles. The van der Waals surface area contributed by atoms with Crippen LogP contribution in [0, 0.1) is 0 Å². The lowest BCUT2D eigenvalue weighted by Crippen LogP contribution is -2.57. The van der Waals surface area contributed by atoms with Gasteiger partial charge in [0, 0.05) is 26.7 Å². The van der Waals surface area contributed by atoms with Gasteiger partial charge in [0.1, 0.15) is 6.04 Å². The predicted octanol–water partition coefficient (Wildman–Crippen LogP) is 0.439. The number of rotatable bonds is 5. The van der Waals surface area contributed by atoms with E-state index in [9.17, 15) is 9.59 Å². The third-order valence-electron chi connectivity index (χ3n) is 3.95. The highest BCUT2D eigenvalue weighted by Crippen LogP contribution is 2.29. The molecule has 0 aromatic rings. The van der Waals surface area contributed by atoms with E-state index in [2.05, 4.69) is 5.32 Å². The maximum absolute atomic E-state index is 12.3. The minimum absolute atomic E-state index is 0.0839. The van der Waals surface area contributed by atoms with Crippen LogP contribution in [-0.4, -0.2) is 67.1 Å². The lowest BCUT2D eigenvalue weighted by molar-refractivity contribution is -0.139. The number of urea groups is 1. The van der Waals surface area contributed by atoms with E-state index < -0.39 is 12.0 Å². The van der Waals surface area contributed by atoms with Crippen molar-refractivity contribution in [2.45, 2.75) is 43.9 Å². The van der Waals surface area contributed by atoms with Crippen LogP contribution in [0.3, 0.4) is 0 Å². The van der Waals surface area contributed by atoms with Gasteiger partial charge in [-0.3, -0.25) is 0 Å². The summed E-state index contributed by atoms with van der Waals surface area (Å²) in [5.41, 5.74) is 0. The quantitative estimate of drug-likeness (QED) is 0.765. The van der Waals surface area contributed by atoms with Gasteiger partial charge in [0.25, 0.3) is 0 Å². The van der Waals surface area contributed by atoms with Crippen molar-refractivity contribution in [3.05, 3.63) is 0 Å². The van der Waals surface area contributed by atoms with Gasteiger partial charge in [0.15, 0.2) is 0 Å². The minimum atomic E-state index is -1.04. The van der Waals surface area contributed by atoms with Crippen LogP contribution in [-0.2, 0) is 14.3 Å². The molecule has 0 radical (unpaired) electrons. The average Bonchev–Trinajstić information content (AvgIpc) is 2.90. The van der Waals surface area contributed by atoms with Crippen molar-refractivity contribution < 1.29 is 24.2 Å². The number of ether oxygens (including phenoxy) is 2. The van der Waals surface area contributed by atoms with Crippen LogP contribution in [0.4, 0.5) is 4.79 Å². The Morgan fingerprint density at radius 2 is 2.30 bits per heavy atom. The van der Waals surface area contributed by atoms with E-state index in [1.165, 1.54) is 7.11 Å². The molecule has 2 amide bonds. The van der Waals surface area contributed by atoms with Crippen molar-refractivity contribution in [3.63, 3.8) is 0 Å². The summed E-state index contributed by atoms with van der Waals surface area (Å²) in [6.45, 7) is 1.33. The Labute approximate surface area is 118 Å². The number of hydrogen-bond donors (Lipinski definition) is 2. The summed E-state index contributed by atoms with van der Waals surface area (Å²) < 4.78 is 10.5. The molecule has 1 aliphatic carbocycles. The molecule has 20 heavy (non-hydrogen) atoms. The molecular weight excluding hydrogens is 264 g/mol. The Hall–Kier alpha value is -1.34. The van der Waals surface area contributed by atoms with E-state index in [0.29, 0.717) is 19.8 Å². The number of morpholine rings is 1. The number of methoxy groups -OCH3 is 1. The first-order valence-corrected chi connectivity index (χ1v) is 7.04. The number of hydrogen-bond acceptors (Lipinski definition) is 4. The van der Waals surface area contributed by atoms with E-state index in [0.717, 1.165) is 19.3 Å². The molecule has 7 nitrogen and oxygen atoms in total. The molecule has 3 unspecified atom stereocenters. The summed E-state index contributed by atoms with van der Waals surface area (Å²) in [6, 6.07) is -1.14. The number of fused-ring (bicyclic) bond motifs is 1. The molecule has 7 heteroatoms. The van der Waals surface area contributed by atoms with Gasteiger partial charge in [-0.2, -0.15) is 0 Å². The van der Waals surface area contributed by atoms with Crippen molar-refractivity contribution in [2.24, 2.45) is 0 Å². The fourth-order valence-electron chi connectivity index (χ4n) is 2.90. The zero-order valence-electron chi connectivity index (χ0n) is 11.7. The molecule has 0 aromatic heterocycles. The summed E-state index contributed by atoms with van der Waals surface area (Å²) in [6.07, 6.45) is 3.31. The molecule has 1 saturated carbocycles. The van der Waals surface area contributed by atoms with Crippen LogP contribution in [0.2, 0.25) is 0 Å². The van der Waals surface area contributed by atoms with Crippen LogP contribution in [0.25, 0.3) is 0 Å². The number of carboxylic acid groups (broad SMARTS) is 1. The van der Waals surface area contributed by atoms with Crippen LogP contribution >= 0.6 is 0 Å². The lowest BCUT2D eigenvalue weighted by atomic mass is 10.1. The van der Waals surface area contributed by atoms with Gasteiger partial charge in [-0.1, -0.05) is 0 Å². The van der Waals surface area contributed by atoms with Gasteiger partial charge in [0.05, 0.1) is 18.8 Å². The molecule has 1 aliphatic heterocycles. The predicted molar refractivity (Wildman–Crippen MR) is 70.5 cm³/mol. The number of amides is 2. The fourth-order valence-corrected chi connectivity index (χ4v) is 2.90. The lowest BCUT2D eigenvalue weighted by Gasteiger charge is -2.38. The maximum Gasteiger partial charge on any atom is 0.326 e.